The molecule has 0 bridgehead atoms. The summed E-state index contributed by atoms with van der Waals surface area (Å²) in [5, 5.41) is 2.52. The number of phosphoric acid groups is 1. The van der Waals surface area contributed by atoms with Crippen LogP contribution < -0.4 is 5.32 Å². The van der Waals surface area contributed by atoms with E-state index >= 15 is 0 Å². The van der Waals surface area contributed by atoms with Crippen LogP contribution in [0.5, 0.6) is 0 Å². The average molecular weight is 184 g/mol. The van der Waals surface area contributed by atoms with Gasteiger partial charge in [-0.3, -0.25) is 0 Å². The highest BCUT2D eigenvalue weighted by Gasteiger charge is 2.20. The lowest BCUT2D eigenvalue weighted by Gasteiger charge is -2.15. The van der Waals surface area contributed by atoms with E-state index < -0.39 is 13.9 Å². The Morgan fingerprint density at radius 3 is 2.36 bits per heavy atom. The summed E-state index contributed by atoms with van der Waals surface area (Å²) in [4.78, 5) is 26.9. The molecule has 0 aromatic heterocycles. The number of nitrogens with one attached hydrogen (secondary N) is 1. The molecule has 0 aliphatic heterocycles. The number of rotatable bonds is 2. The standard InChI is InChI=1S/C3H9N2O5P/c1-4-3(6)5(2)10-11(7,8)9/h1-2H3,(H,4,6)(H2,7,8,9). The van der Waals surface area contributed by atoms with Gasteiger partial charge in [-0.15, -0.1) is 0 Å². The average Bonchev–Trinajstić information content (AvgIpc) is 1.82. The van der Waals surface area contributed by atoms with Crippen molar-refractivity contribution in [2.75, 3.05) is 14.1 Å². The lowest BCUT2D eigenvalue weighted by atomic mass is 10.9. The summed E-state index contributed by atoms with van der Waals surface area (Å²) in [7, 11) is -2.24. The van der Waals surface area contributed by atoms with Crippen molar-refractivity contribution in [3.8, 4) is 0 Å². The number of urea groups is 1. The zero-order valence-electron chi connectivity index (χ0n) is 6.01. The summed E-state index contributed by atoms with van der Waals surface area (Å²) in [6.45, 7) is 0. The van der Waals surface area contributed by atoms with Gasteiger partial charge >= 0.3 is 13.9 Å². The normalized spacial score (nSPS) is 10.9. The minimum atomic E-state index is -4.62. The van der Waals surface area contributed by atoms with E-state index in [9.17, 15) is 9.36 Å². The maximum Gasteiger partial charge on any atom is 0.491 e. The van der Waals surface area contributed by atoms with Crippen LogP contribution in [-0.4, -0.2) is 35.0 Å². The Hall–Kier alpha value is -0.620. The van der Waals surface area contributed by atoms with Crippen molar-refractivity contribution in [3.05, 3.63) is 0 Å². The largest absolute Gasteiger partial charge is 0.491 e. The molecule has 7 nitrogen and oxygen atoms in total. The Morgan fingerprint density at radius 2 is 2.09 bits per heavy atom. The molecule has 66 valence electrons. The van der Waals surface area contributed by atoms with Gasteiger partial charge in [-0.05, 0) is 0 Å². The quantitative estimate of drug-likeness (QED) is 0.388. The highest BCUT2D eigenvalue weighted by Crippen LogP contribution is 2.36. The number of carbonyl (C=O) groups excluding carboxylic acids is 1. The molecular weight excluding hydrogens is 175 g/mol. The number of amides is 2. The van der Waals surface area contributed by atoms with Crippen LogP contribution in [0.2, 0.25) is 0 Å². The molecule has 0 aromatic carbocycles. The van der Waals surface area contributed by atoms with Crippen molar-refractivity contribution < 1.29 is 23.8 Å². The van der Waals surface area contributed by atoms with Crippen LogP contribution in [0.3, 0.4) is 0 Å². The molecule has 0 radical (unpaired) electrons. The van der Waals surface area contributed by atoms with E-state index in [4.69, 9.17) is 9.79 Å². The molecule has 0 aromatic rings. The molecule has 11 heavy (non-hydrogen) atoms. The Labute approximate surface area is 63.1 Å². The fourth-order valence-electron chi connectivity index (χ4n) is 0.354. The zero-order chi connectivity index (χ0) is 9.07. The van der Waals surface area contributed by atoms with E-state index in [1.807, 2.05) is 0 Å². The molecule has 0 fully saturated rings. The molecular formula is C3H9N2O5P. The van der Waals surface area contributed by atoms with Gasteiger partial charge in [0.1, 0.15) is 0 Å². The maximum atomic E-state index is 10.5. The number of carbonyl (C=O) groups is 1. The summed E-state index contributed by atoms with van der Waals surface area (Å²) in [6.07, 6.45) is 0. The van der Waals surface area contributed by atoms with Crippen molar-refractivity contribution in [1.29, 1.82) is 0 Å². The minimum absolute atomic E-state index is 0.417. The Kier molecular flexibility index (Phi) is 3.47. The topological polar surface area (TPSA) is 99.1 Å². The van der Waals surface area contributed by atoms with Crippen LogP contribution in [-0.2, 0) is 9.19 Å². The highest BCUT2D eigenvalue weighted by molar-refractivity contribution is 7.46. The van der Waals surface area contributed by atoms with Gasteiger partial charge in [-0.25, -0.2) is 9.36 Å². The second-order valence-electron chi connectivity index (χ2n) is 1.62. The molecule has 0 unspecified atom stereocenters. The molecule has 0 heterocycles. The van der Waals surface area contributed by atoms with E-state index in [2.05, 4.69) is 9.94 Å². The second kappa shape index (κ2) is 3.68. The van der Waals surface area contributed by atoms with E-state index in [-0.39, 0.29) is 0 Å². The number of hydroxylamine groups is 2. The molecule has 0 rings (SSSR count). The van der Waals surface area contributed by atoms with Gasteiger partial charge in [0.2, 0.25) is 0 Å². The van der Waals surface area contributed by atoms with E-state index in [1.54, 1.807) is 0 Å². The molecule has 0 saturated carbocycles. The van der Waals surface area contributed by atoms with Crippen molar-refractivity contribution in [2.45, 2.75) is 0 Å². The fourth-order valence-corrected chi connectivity index (χ4v) is 0.747. The Morgan fingerprint density at radius 1 is 1.64 bits per heavy atom. The van der Waals surface area contributed by atoms with Crippen LogP contribution in [0.1, 0.15) is 0 Å². The summed E-state index contributed by atoms with van der Waals surface area (Å²) < 4.78 is 14.0. The molecule has 0 atom stereocenters. The molecule has 3 N–H and O–H groups in total. The first-order valence-corrected chi connectivity index (χ1v) is 4.10. The van der Waals surface area contributed by atoms with E-state index in [1.165, 1.54) is 7.05 Å². The van der Waals surface area contributed by atoms with Crippen LogP contribution >= 0.6 is 7.82 Å². The minimum Gasteiger partial charge on any atom is -0.339 e. The van der Waals surface area contributed by atoms with E-state index in [0.717, 1.165) is 7.05 Å². The Bertz CT molecular complexity index is 188. The third-order valence-corrected chi connectivity index (χ3v) is 1.19. The third-order valence-electron chi connectivity index (χ3n) is 0.729. The van der Waals surface area contributed by atoms with Crippen molar-refractivity contribution >= 4 is 13.9 Å². The SMILES string of the molecule is CNC(=O)N(C)OP(=O)(O)O. The van der Waals surface area contributed by atoms with Crippen molar-refractivity contribution in [3.63, 3.8) is 0 Å². The first-order valence-electron chi connectivity index (χ1n) is 2.57. The molecule has 0 spiro atoms. The summed E-state index contributed by atoms with van der Waals surface area (Å²) >= 11 is 0. The molecule has 0 aliphatic carbocycles. The first kappa shape index (κ1) is 10.4. The number of nitrogens with zero attached hydrogens (tertiary/aromatic N) is 1. The van der Waals surface area contributed by atoms with Gasteiger partial charge < -0.3 is 15.1 Å². The highest BCUT2D eigenvalue weighted by atomic mass is 31.2. The predicted octanol–water partition coefficient (Wildman–Crippen LogP) is -0.718. The van der Waals surface area contributed by atoms with Gasteiger partial charge in [0.25, 0.3) is 0 Å². The lowest BCUT2D eigenvalue weighted by Crippen LogP contribution is -2.34. The monoisotopic (exact) mass is 184 g/mol. The second-order valence-corrected chi connectivity index (χ2v) is 2.77. The van der Waals surface area contributed by atoms with Crippen molar-refractivity contribution in [1.82, 2.24) is 10.4 Å². The lowest BCUT2D eigenvalue weighted by molar-refractivity contribution is -0.0163. The zero-order valence-corrected chi connectivity index (χ0v) is 6.91. The smallest absolute Gasteiger partial charge is 0.339 e. The van der Waals surface area contributed by atoms with E-state index in [0.29, 0.717) is 5.06 Å². The van der Waals surface area contributed by atoms with Gasteiger partial charge in [0.05, 0.1) is 0 Å². The van der Waals surface area contributed by atoms with Crippen LogP contribution in [0.25, 0.3) is 0 Å². The molecule has 2 amide bonds. The van der Waals surface area contributed by atoms with Crippen LogP contribution in [0.15, 0.2) is 0 Å². The van der Waals surface area contributed by atoms with Gasteiger partial charge in [-0.2, -0.15) is 9.69 Å². The summed E-state index contributed by atoms with van der Waals surface area (Å²) in [5.41, 5.74) is 0. The van der Waals surface area contributed by atoms with Gasteiger partial charge in [0, 0.05) is 14.1 Å². The fraction of sp³-hybridized carbons (Fsp3) is 0.667. The summed E-state index contributed by atoms with van der Waals surface area (Å²) in [6, 6.07) is -0.742. The molecule has 8 heteroatoms. The predicted molar refractivity (Wildman–Crippen MR) is 35.3 cm³/mol. The number of hydrogen-bond acceptors (Lipinski definition) is 3. The molecule has 0 aliphatic rings. The molecule has 0 saturated heterocycles. The summed E-state index contributed by atoms with van der Waals surface area (Å²) in [5.74, 6) is 0. The number of hydrogen-bond donors (Lipinski definition) is 3. The Balaban J connectivity index is 3.98. The van der Waals surface area contributed by atoms with Gasteiger partial charge in [-0.1, -0.05) is 0 Å². The van der Waals surface area contributed by atoms with Gasteiger partial charge in [0.15, 0.2) is 0 Å². The first-order chi connectivity index (χ1) is 4.87. The maximum absolute atomic E-state index is 10.5. The third kappa shape index (κ3) is 4.74. The van der Waals surface area contributed by atoms with Crippen LogP contribution in [0, 0.1) is 0 Å². The van der Waals surface area contributed by atoms with Crippen LogP contribution in [0.4, 0.5) is 4.79 Å². The van der Waals surface area contributed by atoms with Crippen molar-refractivity contribution in [2.24, 2.45) is 0 Å².